The molecule has 2 aromatic heterocycles. The Morgan fingerprint density at radius 2 is 2.31 bits per heavy atom. The van der Waals surface area contributed by atoms with Crippen LogP contribution in [-0.2, 0) is 0 Å². The van der Waals surface area contributed by atoms with Crippen LogP contribution in [0.1, 0.15) is 6.92 Å². The van der Waals surface area contributed by atoms with Gasteiger partial charge in [0, 0.05) is 0 Å². The van der Waals surface area contributed by atoms with E-state index in [1.807, 2.05) is 6.92 Å². The summed E-state index contributed by atoms with van der Waals surface area (Å²) in [5, 5.41) is 0.452. The summed E-state index contributed by atoms with van der Waals surface area (Å²) in [7, 11) is 0. The molecule has 0 atom stereocenters. The molecule has 0 saturated heterocycles. The molecular weight excluding hydrogens is 248 g/mol. The van der Waals surface area contributed by atoms with Crippen LogP contribution in [0.5, 0.6) is 6.01 Å². The van der Waals surface area contributed by atoms with Crippen LogP contribution in [0.15, 0.2) is 15.8 Å². The third-order valence-corrected chi connectivity index (χ3v) is 2.98. The van der Waals surface area contributed by atoms with Crippen LogP contribution >= 0.6 is 23.3 Å². The van der Waals surface area contributed by atoms with Crippen molar-refractivity contribution in [3.8, 4) is 6.01 Å². The fourth-order valence-corrected chi connectivity index (χ4v) is 2.18. The molecule has 0 fully saturated rings. The molecule has 0 aliphatic rings. The van der Waals surface area contributed by atoms with Gasteiger partial charge in [-0.2, -0.15) is 19.3 Å². The van der Waals surface area contributed by atoms with Gasteiger partial charge in [-0.15, -0.1) is 0 Å². The highest BCUT2D eigenvalue weighted by molar-refractivity contribution is 8.00. The lowest BCUT2D eigenvalue weighted by molar-refractivity contribution is 0.308. The number of nitrogens with zero attached hydrogens (tertiary/aromatic N) is 5. The van der Waals surface area contributed by atoms with Crippen LogP contribution in [0.3, 0.4) is 0 Å². The highest BCUT2D eigenvalue weighted by Crippen LogP contribution is 2.26. The van der Waals surface area contributed by atoms with E-state index in [0.29, 0.717) is 11.8 Å². The molecule has 0 radical (unpaired) electrons. The van der Waals surface area contributed by atoms with Crippen molar-refractivity contribution in [2.75, 3.05) is 12.3 Å². The molecule has 0 unspecified atom stereocenters. The van der Waals surface area contributed by atoms with Gasteiger partial charge in [0.1, 0.15) is 6.33 Å². The van der Waals surface area contributed by atoms with Crippen LogP contribution in [0, 0.1) is 0 Å². The molecule has 2 aromatic rings. The van der Waals surface area contributed by atoms with Crippen molar-refractivity contribution in [2.24, 2.45) is 0 Å². The summed E-state index contributed by atoms with van der Waals surface area (Å²) in [5.41, 5.74) is 5.53. The van der Waals surface area contributed by atoms with Crippen molar-refractivity contribution in [1.29, 1.82) is 0 Å². The largest absolute Gasteiger partial charge is 0.464 e. The molecule has 16 heavy (non-hydrogen) atoms. The van der Waals surface area contributed by atoms with Gasteiger partial charge in [0.15, 0.2) is 4.34 Å². The van der Waals surface area contributed by atoms with E-state index in [4.69, 9.17) is 10.5 Å². The molecule has 0 bridgehead atoms. The summed E-state index contributed by atoms with van der Waals surface area (Å²) in [6.45, 7) is 2.32. The van der Waals surface area contributed by atoms with Crippen LogP contribution in [0.2, 0.25) is 0 Å². The van der Waals surface area contributed by atoms with Gasteiger partial charge in [-0.25, -0.2) is 4.98 Å². The van der Waals surface area contributed by atoms with E-state index >= 15 is 0 Å². The summed E-state index contributed by atoms with van der Waals surface area (Å²) < 4.78 is 9.78. The van der Waals surface area contributed by atoms with Crippen molar-refractivity contribution in [2.45, 2.75) is 16.4 Å². The maximum absolute atomic E-state index is 5.53. The SMILES string of the molecule is CCOc1nc(N)nc(Sc2ncns2)n1. The Bertz CT molecular complexity index is 462. The van der Waals surface area contributed by atoms with Crippen LogP contribution in [0.25, 0.3) is 0 Å². The summed E-state index contributed by atoms with van der Waals surface area (Å²) >= 11 is 2.53. The minimum Gasteiger partial charge on any atom is -0.464 e. The van der Waals surface area contributed by atoms with Gasteiger partial charge in [0.05, 0.1) is 6.61 Å². The maximum Gasteiger partial charge on any atom is 0.322 e. The van der Waals surface area contributed by atoms with Gasteiger partial charge in [0.25, 0.3) is 0 Å². The Balaban J connectivity index is 2.20. The van der Waals surface area contributed by atoms with E-state index in [0.717, 1.165) is 4.34 Å². The van der Waals surface area contributed by atoms with Crippen LogP contribution in [0.4, 0.5) is 5.95 Å². The molecule has 9 heteroatoms. The number of ether oxygens (including phenoxy) is 1. The van der Waals surface area contributed by atoms with Crippen molar-refractivity contribution < 1.29 is 4.74 Å². The zero-order valence-electron chi connectivity index (χ0n) is 8.32. The molecular formula is C7H8N6OS2. The molecule has 2 heterocycles. The second kappa shape index (κ2) is 5.03. The number of anilines is 1. The highest BCUT2D eigenvalue weighted by atomic mass is 32.2. The Morgan fingerprint density at radius 1 is 1.44 bits per heavy atom. The quantitative estimate of drug-likeness (QED) is 0.859. The normalized spacial score (nSPS) is 10.3. The maximum atomic E-state index is 5.53. The summed E-state index contributed by atoms with van der Waals surface area (Å²) in [5.74, 6) is 0.130. The van der Waals surface area contributed by atoms with E-state index in [1.54, 1.807) is 0 Å². The Morgan fingerprint density at radius 3 is 3.00 bits per heavy atom. The van der Waals surface area contributed by atoms with Crippen molar-refractivity contribution in [3.05, 3.63) is 6.33 Å². The van der Waals surface area contributed by atoms with Crippen molar-refractivity contribution >= 4 is 29.2 Å². The Kier molecular flexibility index (Phi) is 3.47. The van der Waals surface area contributed by atoms with Crippen LogP contribution < -0.4 is 10.5 Å². The van der Waals surface area contributed by atoms with Crippen molar-refractivity contribution in [1.82, 2.24) is 24.3 Å². The number of aromatic nitrogens is 5. The Hall–Kier alpha value is -1.48. The molecule has 0 amide bonds. The minimum absolute atomic E-state index is 0.130. The smallest absolute Gasteiger partial charge is 0.322 e. The topological polar surface area (TPSA) is 99.7 Å². The van der Waals surface area contributed by atoms with Crippen LogP contribution in [-0.4, -0.2) is 30.9 Å². The molecule has 0 aromatic carbocycles. The molecule has 0 spiro atoms. The first-order valence-electron chi connectivity index (χ1n) is 4.37. The first-order valence-corrected chi connectivity index (χ1v) is 5.96. The standard InChI is InChI=1S/C7H8N6OS2/c1-2-14-5-11-4(8)12-6(13-5)15-7-9-3-10-16-7/h3H,2H2,1H3,(H2,8,11,12,13). The second-order valence-electron chi connectivity index (χ2n) is 2.50. The fraction of sp³-hybridized carbons (Fsp3) is 0.286. The monoisotopic (exact) mass is 256 g/mol. The van der Waals surface area contributed by atoms with E-state index in [1.165, 1.54) is 29.6 Å². The van der Waals surface area contributed by atoms with E-state index < -0.39 is 0 Å². The summed E-state index contributed by atoms with van der Waals surface area (Å²) in [6.07, 6.45) is 1.47. The average molecular weight is 256 g/mol. The zero-order chi connectivity index (χ0) is 11.4. The number of rotatable bonds is 4. The molecule has 7 nitrogen and oxygen atoms in total. The van der Waals surface area contributed by atoms with Crippen molar-refractivity contribution in [3.63, 3.8) is 0 Å². The third-order valence-electron chi connectivity index (χ3n) is 1.40. The van der Waals surface area contributed by atoms with Gasteiger partial charge in [0.2, 0.25) is 11.1 Å². The van der Waals surface area contributed by atoms with Gasteiger partial charge in [-0.3, -0.25) is 0 Å². The predicted octanol–water partition coefficient (Wildman–Crippen LogP) is 0.855. The average Bonchev–Trinajstić information content (AvgIpc) is 2.70. The number of hydrogen-bond donors (Lipinski definition) is 1. The first kappa shape index (κ1) is 11.0. The summed E-state index contributed by atoms with van der Waals surface area (Å²) in [4.78, 5) is 15.9. The van der Waals surface area contributed by atoms with Gasteiger partial charge in [-0.1, -0.05) is 0 Å². The summed E-state index contributed by atoms with van der Waals surface area (Å²) in [6, 6.07) is 0.224. The lowest BCUT2D eigenvalue weighted by atomic mass is 10.8. The molecule has 2 rings (SSSR count). The minimum atomic E-state index is 0.130. The molecule has 0 saturated carbocycles. The Labute approximate surface area is 99.7 Å². The van der Waals surface area contributed by atoms with E-state index in [-0.39, 0.29) is 12.0 Å². The lowest BCUT2D eigenvalue weighted by Gasteiger charge is -2.02. The predicted molar refractivity (Wildman–Crippen MR) is 59.4 cm³/mol. The van der Waals surface area contributed by atoms with Gasteiger partial charge in [-0.05, 0) is 30.2 Å². The molecule has 0 aliphatic carbocycles. The number of hydrogen-bond acceptors (Lipinski definition) is 9. The van der Waals surface area contributed by atoms with E-state index in [9.17, 15) is 0 Å². The zero-order valence-corrected chi connectivity index (χ0v) is 9.96. The van der Waals surface area contributed by atoms with E-state index in [2.05, 4.69) is 24.3 Å². The van der Waals surface area contributed by atoms with Gasteiger partial charge < -0.3 is 10.5 Å². The highest BCUT2D eigenvalue weighted by Gasteiger charge is 2.08. The molecule has 0 aliphatic heterocycles. The lowest BCUT2D eigenvalue weighted by Crippen LogP contribution is -2.04. The second-order valence-corrected chi connectivity index (χ2v) is 4.50. The van der Waals surface area contributed by atoms with Gasteiger partial charge >= 0.3 is 6.01 Å². The third kappa shape index (κ3) is 2.76. The molecule has 2 N–H and O–H groups in total. The molecule has 84 valence electrons. The number of nitrogen functional groups attached to an aromatic ring is 1. The number of nitrogens with two attached hydrogens (primary N) is 1. The fourth-order valence-electron chi connectivity index (χ4n) is 0.878. The first-order chi connectivity index (χ1) is 7.78.